The molecule has 1 aliphatic rings. The number of nitrogens with two attached hydrogens (primary N) is 1. The number of anilines is 1. The number of halogens is 2. The van der Waals surface area contributed by atoms with E-state index in [1.54, 1.807) is 11.3 Å². The van der Waals surface area contributed by atoms with Crippen LogP contribution in [0.4, 0.5) is 5.82 Å². The van der Waals surface area contributed by atoms with Crippen LogP contribution in [0.1, 0.15) is 24.5 Å². The van der Waals surface area contributed by atoms with Crippen LogP contribution in [-0.2, 0) is 0 Å². The zero-order valence-electron chi connectivity index (χ0n) is 8.78. The molecule has 0 bridgehead atoms. The minimum Gasteiger partial charge on any atom is -0.383 e. The number of hydrogen-bond donors (Lipinski definition) is 1. The molecule has 0 spiro atoms. The van der Waals surface area contributed by atoms with E-state index in [9.17, 15) is 0 Å². The second-order valence-electron chi connectivity index (χ2n) is 4.00. The molecular formula is C11H9Br2N3S. The Balaban J connectivity index is 2.15. The fourth-order valence-electron chi connectivity index (χ4n) is 1.66. The van der Waals surface area contributed by atoms with Crippen molar-refractivity contribution in [1.29, 1.82) is 0 Å². The van der Waals surface area contributed by atoms with Gasteiger partial charge in [0.1, 0.15) is 5.82 Å². The highest BCUT2D eigenvalue weighted by atomic mass is 79.9. The van der Waals surface area contributed by atoms with E-state index in [2.05, 4.69) is 41.8 Å². The van der Waals surface area contributed by atoms with E-state index in [1.807, 2.05) is 11.4 Å². The minimum absolute atomic E-state index is 0.525. The topological polar surface area (TPSA) is 51.8 Å². The van der Waals surface area contributed by atoms with Crippen molar-refractivity contribution in [3.8, 4) is 10.7 Å². The Morgan fingerprint density at radius 2 is 2.06 bits per heavy atom. The van der Waals surface area contributed by atoms with Gasteiger partial charge in [-0.15, -0.1) is 11.3 Å². The maximum atomic E-state index is 5.93. The number of rotatable bonds is 2. The van der Waals surface area contributed by atoms with Crippen LogP contribution < -0.4 is 5.73 Å². The van der Waals surface area contributed by atoms with Gasteiger partial charge >= 0.3 is 0 Å². The van der Waals surface area contributed by atoms with E-state index in [4.69, 9.17) is 5.73 Å². The van der Waals surface area contributed by atoms with Gasteiger partial charge in [-0.2, -0.15) is 0 Å². The average Bonchev–Trinajstić information content (AvgIpc) is 3.05. The van der Waals surface area contributed by atoms with Gasteiger partial charge in [-0.25, -0.2) is 9.97 Å². The van der Waals surface area contributed by atoms with E-state index in [0.717, 1.165) is 25.3 Å². The molecular weight excluding hydrogens is 366 g/mol. The van der Waals surface area contributed by atoms with Crippen LogP contribution in [-0.4, -0.2) is 9.97 Å². The molecule has 0 amide bonds. The van der Waals surface area contributed by atoms with Gasteiger partial charge < -0.3 is 5.73 Å². The maximum absolute atomic E-state index is 5.93. The monoisotopic (exact) mass is 373 g/mol. The van der Waals surface area contributed by atoms with Gasteiger partial charge in [0, 0.05) is 10.4 Å². The summed E-state index contributed by atoms with van der Waals surface area (Å²) in [6, 6.07) is 2.00. The molecule has 2 N–H and O–H groups in total. The van der Waals surface area contributed by atoms with Gasteiger partial charge in [0.15, 0.2) is 5.82 Å². The highest BCUT2D eigenvalue weighted by molar-refractivity contribution is 9.11. The molecule has 17 heavy (non-hydrogen) atoms. The van der Waals surface area contributed by atoms with E-state index < -0.39 is 0 Å². The van der Waals surface area contributed by atoms with Gasteiger partial charge in [0.05, 0.1) is 15.0 Å². The number of thiophene rings is 1. The molecule has 3 nitrogen and oxygen atoms in total. The van der Waals surface area contributed by atoms with E-state index in [0.29, 0.717) is 11.7 Å². The first-order valence-corrected chi connectivity index (χ1v) is 7.69. The van der Waals surface area contributed by atoms with Crippen molar-refractivity contribution in [3.63, 3.8) is 0 Å². The van der Waals surface area contributed by atoms with Gasteiger partial charge in [0.2, 0.25) is 0 Å². The number of aromatic nitrogens is 2. The summed E-state index contributed by atoms with van der Waals surface area (Å²) in [6.45, 7) is 0. The van der Waals surface area contributed by atoms with Gasteiger partial charge in [0.25, 0.3) is 0 Å². The average molecular weight is 375 g/mol. The fourth-order valence-corrected chi connectivity index (χ4v) is 3.65. The van der Waals surface area contributed by atoms with Crippen molar-refractivity contribution in [2.75, 3.05) is 5.73 Å². The molecule has 0 aliphatic heterocycles. The van der Waals surface area contributed by atoms with Crippen molar-refractivity contribution < 1.29 is 0 Å². The predicted octanol–water partition coefficient (Wildman–Crippen LogP) is 4.19. The van der Waals surface area contributed by atoms with Crippen LogP contribution in [0.2, 0.25) is 0 Å². The van der Waals surface area contributed by atoms with E-state index in [1.165, 1.54) is 12.8 Å². The molecule has 88 valence electrons. The number of hydrogen-bond acceptors (Lipinski definition) is 4. The first-order chi connectivity index (χ1) is 8.16. The maximum Gasteiger partial charge on any atom is 0.173 e. The van der Waals surface area contributed by atoms with Crippen molar-refractivity contribution in [1.82, 2.24) is 9.97 Å². The molecule has 6 heteroatoms. The van der Waals surface area contributed by atoms with Gasteiger partial charge in [-0.05, 0) is 56.1 Å². The Bertz CT molecular complexity index is 578. The van der Waals surface area contributed by atoms with Crippen LogP contribution in [0.5, 0.6) is 0 Å². The largest absolute Gasteiger partial charge is 0.383 e. The van der Waals surface area contributed by atoms with Crippen molar-refractivity contribution in [2.24, 2.45) is 0 Å². The summed E-state index contributed by atoms with van der Waals surface area (Å²) in [6.07, 6.45) is 2.39. The van der Waals surface area contributed by atoms with Crippen LogP contribution in [0, 0.1) is 0 Å². The third-order valence-corrected chi connectivity index (χ3v) is 5.33. The third-order valence-electron chi connectivity index (χ3n) is 2.69. The number of nitrogens with zero attached hydrogens (tertiary/aromatic N) is 2. The molecule has 2 heterocycles. The van der Waals surface area contributed by atoms with Gasteiger partial charge in [-0.3, -0.25) is 0 Å². The second-order valence-corrected chi connectivity index (χ2v) is 6.57. The molecule has 2 aromatic rings. The predicted molar refractivity (Wildman–Crippen MR) is 77.1 cm³/mol. The highest BCUT2D eigenvalue weighted by Crippen LogP contribution is 2.44. The van der Waals surface area contributed by atoms with Crippen LogP contribution in [0.15, 0.2) is 20.4 Å². The summed E-state index contributed by atoms with van der Waals surface area (Å²) in [5.41, 5.74) is 6.98. The molecule has 0 unspecified atom stereocenters. The van der Waals surface area contributed by atoms with Crippen molar-refractivity contribution in [3.05, 3.63) is 26.1 Å². The lowest BCUT2D eigenvalue weighted by Crippen LogP contribution is -2.01. The highest BCUT2D eigenvalue weighted by Gasteiger charge is 2.29. The Labute approximate surface area is 120 Å². The summed E-state index contributed by atoms with van der Waals surface area (Å²) in [7, 11) is 0. The van der Waals surface area contributed by atoms with Crippen molar-refractivity contribution in [2.45, 2.75) is 18.8 Å². The molecule has 1 fully saturated rings. The first kappa shape index (κ1) is 11.6. The van der Waals surface area contributed by atoms with Gasteiger partial charge in [-0.1, -0.05) is 0 Å². The molecule has 2 aromatic heterocycles. The Morgan fingerprint density at radius 3 is 2.65 bits per heavy atom. The fraction of sp³-hybridized carbons (Fsp3) is 0.273. The smallest absolute Gasteiger partial charge is 0.173 e. The Kier molecular flexibility index (Phi) is 2.96. The molecule has 0 aromatic carbocycles. The Morgan fingerprint density at radius 1 is 1.29 bits per heavy atom. The zero-order chi connectivity index (χ0) is 12.0. The number of nitrogen functional groups attached to an aromatic ring is 1. The molecule has 1 aliphatic carbocycles. The second kappa shape index (κ2) is 4.33. The molecule has 0 saturated heterocycles. The molecule has 1 saturated carbocycles. The standard InChI is InChI=1S/C11H9Br2N3S/c12-6-3-4-17-9(6)11-15-8(5-1-2-5)7(13)10(14)16-11/h3-5H,1-2H2,(H2,14,15,16). The SMILES string of the molecule is Nc1nc(-c2sccc2Br)nc(C2CC2)c1Br. The lowest BCUT2D eigenvalue weighted by molar-refractivity contribution is 0.986. The lowest BCUT2D eigenvalue weighted by atomic mass is 10.2. The zero-order valence-corrected chi connectivity index (χ0v) is 12.8. The van der Waals surface area contributed by atoms with Crippen molar-refractivity contribution >= 4 is 49.0 Å². The summed E-state index contributed by atoms with van der Waals surface area (Å²) >= 11 is 8.59. The van der Waals surface area contributed by atoms with E-state index in [-0.39, 0.29) is 0 Å². The summed E-state index contributed by atoms with van der Waals surface area (Å²) in [5, 5.41) is 2.01. The van der Waals surface area contributed by atoms with Crippen LogP contribution in [0.3, 0.4) is 0 Å². The quantitative estimate of drug-likeness (QED) is 0.857. The third kappa shape index (κ3) is 2.13. The normalized spacial score (nSPS) is 15.2. The van der Waals surface area contributed by atoms with Crippen LogP contribution in [0.25, 0.3) is 10.7 Å². The summed E-state index contributed by atoms with van der Waals surface area (Å²) in [5.74, 6) is 1.79. The van der Waals surface area contributed by atoms with E-state index >= 15 is 0 Å². The van der Waals surface area contributed by atoms with Crippen LogP contribution >= 0.6 is 43.2 Å². The summed E-state index contributed by atoms with van der Waals surface area (Å²) < 4.78 is 1.88. The lowest BCUT2D eigenvalue weighted by Gasteiger charge is -2.07. The molecule has 3 rings (SSSR count). The minimum atomic E-state index is 0.525. The Hall–Kier alpha value is -0.460. The summed E-state index contributed by atoms with van der Waals surface area (Å²) in [4.78, 5) is 10.0. The molecule has 0 radical (unpaired) electrons. The molecule has 0 atom stereocenters. The first-order valence-electron chi connectivity index (χ1n) is 5.23.